The molecule has 0 aromatic carbocycles. The molecule has 4 heteroatoms. The Bertz CT molecular complexity index is 126. The van der Waals surface area contributed by atoms with Crippen molar-refractivity contribution in [2.24, 2.45) is 11.4 Å². The molecular formula is C8H18NO2P. The SMILES string of the molecule is CC(OP(N)O)C1CCCCC1. The molecule has 0 amide bonds. The van der Waals surface area contributed by atoms with Crippen LogP contribution >= 0.6 is 8.53 Å². The van der Waals surface area contributed by atoms with E-state index in [9.17, 15) is 0 Å². The molecule has 2 unspecified atom stereocenters. The van der Waals surface area contributed by atoms with E-state index in [0.29, 0.717) is 5.92 Å². The third-order valence-electron chi connectivity index (χ3n) is 2.59. The van der Waals surface area contributed by atoms with Crippen LogP contribution in [0.3, 0.4) is 0 Å². The molecule has 1 aliphatic rings. The number of hydrogen-bond donors (Lipinski definition) is 2. The first-order chi connectivity index (χ1) is 5.70. The molecule has 1 rings (SSSR count). The fourth-order valence-electron chi connectivity index (χ4n) is 1.86. The Kier molecular flexibility index (Phi) is 4.44. The predicted octanol–water partition coefficient (Wildman–Crippen LogP) is 2.15. The van der Waals surface area contributed by atoms with Crippen molar-refractivity contribution in [3.63, 3.8) is 0 Å². The molecular weight excluding hydrogens is 173 g/mol. The summed E-state index contributed by atoms with van der Waals surface area (Å²) in [6, 6.07) is 0. The average Bonchev–Trinajstić information content (AvgIpc) is 2.05. The Labute approximate surface area is 75.3 Å². The van der Waals surface area contributed by atoms with Gasteiger partial charge in [-0.25, -0.2) is 0 Å². The van der Waals surface area contributed by atoms with Gasteiger partial charge in [-0.15, -0.1) is 0 Å². The quantitative estimate of drug-likeness (QED) is 0.672. The van der Waals surface area contributed by atoms with Crippen LogP contribution in [0.5, 0.6) is 0 Å². The minimum absolute atomic E-state index is 0.131. The van der Waals surface area contributed by atoms with Crippen molar-refractivity contribution < 1.29 is 9.42 Å². The maximum Gasteiger partial charge on any atom is 0.250 e. The van der Waals surface area contributed by atoms with Crippen LogP contribution in [-0.2, 0) is 4.52 Å². The Morgan fingerprint density at radius 2 is 2.00 bits per heavy atom. The molecule has 12 heavy (non-hydrogen) atoms. The Balaban J connectivity index is 2.24. The fourth-order valence-corrected chi connectivity index (χ4v) is 2.37. The summed E-state index contributed by atoms with van der Waals surface area (Å²) >= 11 is 0. The monoisotopic (exact) mass is 191 g/mol. The number of hydrogen-bond acceptors (Lipinski definition) is 3. The Hall–Kier alpha value is 0.310. The summed E-state index contributed by atoms with van der Waals surface area (Å²) < 4.78 is 5.19. The van der Waals surface area contributed by atoms with Gasteiger partial charge in [0, 0.05) is 0 Å². The third-order valence-corrected chi connectivity index (χ3v) is 3.14. The average molecular weight is 191 g/mol. The number of rotatable bonds is 3. The molecule has 0 heterocycles. The first-order valence-electron chi connectivity index (χ1n) is 4.60. The van der Waals surface area contributed by atoms with E-state index in [1.165, 1.54) is 32.1 Å². The third kappa shape index (κ3) is 3.36. The lowest BCUT2D eigenvalue weighted by Crippen LogP contribution is -2.22. The summed E-state index contributed by atoms with van der Waals surface area (Å²) in [5.74, 6) is 0.611. The molecule has 3 N–H and O–H groups in total. The summed E-state index contributed by atoms with van der Waals surface area (Å²) in [6.07, 6.45) is 6.53. The second-order valence-electron chi connectivity index (χ2n) is 3.51. The number of nitrogens with two attached hydrogens (primary N) is 1. The van der Waals surface area contributed by atoms with E-state index in [0.717, 1.165) is 0 Å². The van der Waals surface area contributed by atoms with E-state index in [1.54, 1.807) is 0 Å². The van der Waals surface area contributed by atoms with Gasteiger partial charge in [0.1, 0.15) is 0 Å². The van der Waals surface area contributed by atoms with Crippen molar-refractivity contribution in [1.29, 1.82) is 0 Å². The van der Waals surface area contributed by atoms with E-state index in [-0.39, 0.29) is 6.10 Å². The molecule has 0 spiro atoms. The topological polar surface area (TPSA) is 55.5 Å². The molecule has 3 nitrogen and oxygen atoms in total. The normalized spacial score (nSPS) is 25.2. The van der Waals surface area contributed by atoms with Crippen molar-refractivity contribution in [3.8, 4) is 0 Å². The van der Waals surface area contributed by atoms with E-state index in [1.807, 2.05) is 6.92 Å². The van der Waals surface area contributed by atoms with Crippen LogP contribution in [0.25, 0.3) is 0 Å². The zero-order valence-corrected chi connectivity index (χ0v) is 8.46. The van der Waals surface area contributed by atoms with Crippen molar-refractivity contribution in [2.75, 3.05) is 0 Å². The summed E-state index contributed by atoms with van der Waals surface area (Å²) in [4.78, 5) is 8.87. The lowest BCUT2D eigenvalue weighted by atomic mass is 9.86. The Morgan fingerprint density at radius 1 is 1.42 bits per heavy atom. The van der Waals surface area contributed by atoms with Gasteiger partial charge in [-0.3, -0.25) is 5.50 Å². The lowest BCUT2D eigenvalue weighted by Gasteiger charge is -2.27. The highest BCUT2D eigenvalue weighted by Crippen LogP contribution is 2.33. The van der Waals surface area contributed by atoms with E-state index in [2.05, 4.69) is 0 Å². The van der Waals surface area contributed by atoms with Gasteiger partial charge in [0.25, 0.3) is 0 Å². The molecule has 1 aliphatic carbocycles. The van der Waals surface area contributed by atoms with Crippen LogP contribution in [-0.4, -0.2) is 11.0 Å². The largest absolute Gasteiger partial charge is 0.338 e. The minimum atomic E-state index is -1.66. The molecule has 0 aromatic heterocycles. The summed E-state index contributed by atoms with van der Waals surface area (Å²) in [7, 11) is -1.66. The van der Waals surface area contributed by atoms with Crippen LogP contribution < -0.4 is 5.50 Å². The van der Waals surface area contributed by atoms with Crippen molar-refractivity contribution in [1.82, 2.24) is 0 Å². The predicted molar refractivity (Wildman–Crippen MR) is 50.4 cm³/mol. The fraction of sp³-hybridized carbons (Fsp3) is 1.00. The molecule has 0 aliphatic heterocycles. The van der Waals surface area contributed by atoms with Gasteiger partial charge in [-0.2, -0.15) is 0 Å². The molecule has 1 fully saturated rings. The molecule has 0 aromatic rings. The second-order valence-corrected chi connectivity index (χ2v) is 4.33. The van der Waals surface area contributed by atoms with Crippen molar-refractivity contribution in [2.45, 2.75) is 45.1 Å². The van der Waals surface area contributed by atoms with Gasteiger partial charge in [-0.05, 0) is 25.7 Å². The van der Waals surface area contributed by atoms with E-state index >= 15 is 0 Å². The second kappa shape index (κ2) is 5.13. The zero-order valence-electron chi connectivity index (χ0n) is 7.57. The first kappa shape index (κ1) is 10.4. The summed E-state index contributed by atoms with van der Waals surface area (Å²) in [5.41, 5.74) is 5.20. The van der Waals surface area contributed by atoms with Crippen LogP contribution in [0.2, 0.25) is 0 Å². The first-order valence-corrected chi connectivity index (χ1v) is 5.89. The van der Waals surface area contributed by atoms with Gasteiger partial charge < -0.3 is 9.42 Å². The van der Waals surface area contributed by atoms with Crippen LogP contribution in [0, 0.1) is 5.92 Å². The zero-order chi connectivity index (χ0) is 8.97. The van der Waals surface area contributed by atoms with E-state index in [4.69, 9.17) is 14.9 Å². The van der Waals surface area contributed by atoms with E-state index < -0.39 is 8.53 Å². The van der Waals surface area contributed by atoms with Crippen LogP contribution in [0.4, 0.5) is 0 Å². The Morgan fingerprint density at radius 3 is 2.50 bits per heavy atom. The van der Waals surface area contributed by atoms with Crippen LogP contribution in [0.1, 0.15) is 39.0 Å². The highest BCUT2D eigenvalue weighted by Gasteiger charge is 2.21. The van der Waals surface area contributed by atoms with Crippen molar-refractivity contribution >= 4 is 8.53 Å². The molecule has 0 radical (unpaired) electrons. The molecule has 72 valence electrons. The molecule has 0 saturated heterocycles. The van der Waals surface area contributed by atoms with Gasteiger partial charge in [-0.1, -0.05) is 19.3 Å². The van der Waals surface area contributed by atoms with Gasteiger partial charge >= 0.3 is 0 Å². The standard InChI is InChI=1S/C8H18NO2P/c1-7(11-12(9)10)8-5-3-2-4-6-8/h7-8,10H,2-6,9H2,1H3. The highest BCUT2D eigenvalue weighted by atomic mass is 31.2. The summed E-state index contributed by atoms with van der Waals surface area (Å²) in [5, 5.41) is 0. The summed E-state index contributed by atoms with van der Waals surface area (Å²) in [6.45, 7) is 2.01. The van der Waals surface area contributed by atoms with Crippen LogP contribution in [0.15, 0.2) is 0 Å². The molecule has 1 saturated carbocycles. The smallest absolute Gasteiger partial charge is 0.250 e. The van der Waals surface area contributed by atoms with Gasteiger partial charge in [0.2, 0.25) is 8.53 Å². The van der Waals surface area contributed by atoms with Crippen molar-refractivity contribution in [3.05, 3.63) is 0 Å². The molecule has 0 bridgehead atoms. The molecule has 2 atom stereocenters. The van der Waals surface area contributed by atoms with Gasteiger partial charge in [0.15, 0.2) is 0 Å². The minimum Gasteiger partial charge on any atom is -0.338 e. The highest BCUT2D eigenvalue weighted by molar-refractivity contribution is 7.43. The lowest BCUT2D eigenvalue weighted by molar-refractivity contribution is 0.125. The van der Waals surface area contributed by atoms with Gasteiger partial charge in [0.05, 0.1) is 6.10 Å². The maximum absolute atomic E-state index is 8.87. The maximum atomic E-state index is 8.87.